The number of benzene rings is 2. The van der Waals surface area contributed by atoms with Crippen LogP contribution in [-0.2, 0) is 0 Å². The van der Waals surface area contributed by atoms with Gasteiger partial charge in [-0.05, 0) is 31.5 Å². The molecule has 0 saturated carbocycles. The Hall–Kier alpha value is -3.35. The van der Waals surface area contributed by atoms with Crippen LogP contribution >= 0.6 is 0 Å². The third kappa shape index (κ3) is 3.23. The van der Waals surface area contributed by atoms with Gasteiger partial charge in [-0.25, -0.2) is 0 Å². The molecule has 0 aliphatic rings. The minimum absolute atomic E-state index is 0.0400. The molecule has 142 valence electrons. The van der Waals surface area contributed by atoms with Crippen molar-refractivity contribution >= 4 is 11.0 Å². The summed E-state index contributed by atoms with van der Waals surface area (Å²) in [6.45, 7) is 3.59. The van der Waals surface area contributed by atoms with Gasteiger partial charge in [-0.15, -0.1) is 0 Å². The maximum atomic E-state index is 13.2. The van der Waals surface area contributed by atoms with Gasteiger partial charge in [0.1, 0.15) is 17.2 Å². The Morgan fingerprint density at radius 3 is 2.37 bits per heavy atom. The molecule has 27 heavy (non-hydrogen) atoms. The molecule has 7 heteroatoms. The minimum Gasteiger partial charge on any atom is -0.504 e. The highest BCUT2D eigenvalue weighted by molar-refractivity contribution is 5.91. The molecule has 0 unspecified atom stereocenters. The van der Waals surface area contributed by atoms with Crippen LogP contribution in [0.2, 0.25) is 0 Å². The van der Waals surface area contributed by atoms with E-state index < -0.39 is 0 Å². The van der Waals surface area contributed by atoms with Crippen molar-refractivity contribution in [3.8, 4) is 39.9 Å². The van der Waals surface area contributed by atoms with E-state index in [1.54, 1.807) is 19.9 Å². The van der Waals surface area contributed by atoms with Crippen molar-refractivity contribution in [1.82, 2.24) is 0 Å². The standard InChI is InChI=1S/C20H20O7/c1-10(2)27-20-17-16(8-14(22)19(20)25-4)26-9-12(18(17)23)11-5-6-13(21)15(7-11)24-3/h5-10,21-22H,1-4H3. The smallest absolute Gasteiger partial charge is 0.204 e. The first-order chi connectivity index (χ1) is 12.9. The van der Waals surface area contributed by atoms with Crippen molar-refractivity contribution in [2.45, 2.75) is 20.0 Å². The lowest BCUT2D eigenvalue weighted by atomic mass is 10.0. The number of hydrogen-bond donors (Lipinski definition) is 2. The summed E-state index contributed by atoms with van der Waals surface area (Å²) in [5, 5.41) is 20.1. The molecule has 2 N–H and O–H groups in total. The van der Waals surface area contributed by atoms with E-state index in [0.29, 0.717) is 5.56 Å². The number of aromatic hydroxyl groups is 2. The summed E-state index contributed by atoms with van der Waals surface area (Å²) < 4.78 is 21.7. The summed E-state index contributed by atoms with van der Waals surface area (Å²) in [5.74, 6) is 0.173. The molecule has 1 heterocycles. The summed E-state index contributed by atoms with van der Waals surface area (Å²) in [5.41, 5.74) is 0.561. The second-order valence-corrected chi connectivity index (χ2v) is 6.16. The Morgan fingerprint density at radius 1 is 1.00 bits per heavy atom. The van der Waals surface area contributed by atoms with Crippen molar-refractivity contribution in [2.75, 3.05) is 14.2 Å². The summed E-state index contributed by atoms with van der Waals surface area (Å²) in [4.78, 5) is 13.2. The summed E-state index contributed by atoms with van der Waals surface area (Å²) in [7, 11) is 2.80. The molecule has 3 aromatic rings. The van der Waals surface area contributed by atoms with Gasteiger partial charge in [-0.1, -0.05) is 6.07 Å². The number of rotatable bonds is 5. The highest BCUT2D eigenvalue weighted by atomic mass is 16.5. The maximum absolute atomic E-state index is 13.2. The molecule has 1 aromatic heterocycles. The normalized spacial score (nSPS) is 11.0. The van der Waals surface area contributed by atoms with Gasteiger partial charge in [0.2, 0.25) is 11.2 Å². The van der Waals surface area contributed by atoms with Gasteiger partial charge < -0.3 is 28.8 Å². The van der Waals surface area contributed by atoms with E-state index in [4.69, 9.17) is 18.6 Å². The van der Waals surface area contributed by atoms with Crippen molar-refractivity contribution in [2.24, 2.45) is 0 Å². The van der Waals surface area contributed by atoms with Crippen molar-refractivity contribution in [3.05, 3.63) is 40.8 Å². The van der Waals surface area contributed by atoms with Crippen LogP contribution in [0.3, 0.4) is 0 Å². The van der Waals surface area contributed by atoms with Gasteiger partial charge in [-0.3, -0.25) is 4.79 Å². The van der Waals surface area contributed by atoms with E-state index in [1.807, 2.05) is 0 Å². The van der Waals surface area contributed by atoms with Crippen LogP contribution in [0.15, 0.2) is 39.7 Å². The summed E-state index contributed by atoms with van der Waals surface area (Å²) in [6.07, 6.45) is 1.03. The van der Waals surface area contributed by atoms with Gasteiger partial charge in [0, 0.05) is 6.07 Å². The molecule has 0 bridgehead atoms. The largest absolute Gasteiger partial charge is 0.504 e. The first-order valence-electron chi connectivity index (χ1n) is 8.26. The molecule has 0 atom stereocenters. The van der Waals surface area contributed by atoms with Gasteiger partial charge in [0.25, 0.3) is 0 Å². The fourth-order valence-electron chi connectivity index (χ4n) is 2.81. The lowest BCUT2D eigenvalue weighted by molar-refractivity contribution is 0.230. The average molecular weight is 372 g/mol. The third-order valence-corrected chi connectivity index (χ3v) is 4.00. The van der Waals surface area contributed by atoms with E-state index in [0.717, 1.165) is 0 Å². The zero-order valence-electron chi connectivity index (χ0n) is 15.4. The predicted octanol–water partition coefficient (Wildman–Crippen LogP) is 3.68. The van der Waals surface area contributed by atoms with Gasteiger partial charge in [0.15, 0.2) is 23.0 Å². The van der Waals surface area contributed by atoms with Crippen LogP contribution in [-0.4, -0.2) is 30.5 Å². The maximum Gasteiger partial charge on any atom is 0.204 e. The molecule has 7 nitrogen and oxygen atoms in total. The van der Waals surface area contributed by atoms with Crippen LogP contribution in [0.1, 0.15) is 13.8 Å². The molecule has 0 amide bonds. The van der Waals surface area contributed by atoms with Crippen LogP contribution < -0.4 is 19.6 Å². The molecule has 0 radical (unpaired) electrons. The zero-order valence-corrected chi connectivity index (χ0v) is 15.4. The molecule has 0 aliphatic carbocycles. The summed E-state index contributed by atoms with van der Waals surface area (Å²) >= 11 is 0. The Balaban J connectivity index is 2.34. The highest BCUT2D eigenvalue weighted by Gasteiger charge is 2.22. The Morgan fingerprint density at radius 2 is 1.74 bits per heavy atom. The number of phenolic OH excluding ortho intramolecular Hbond substituents is 2. The topological polar surface area (TPSA) is 98.4 Å². The highest BCUT2D eigenvalue weighted by Crippen LogP contribution is 2.43. The van der Waals surface area contributed by atoms with E-state index >= 15 is 0 Å². The zero-order chi connectivity index (χ0) is 19.7. The van der Waals surface area contributed by atoms with E-state index in [1.165, 1.54) is 38.7 Å². The molecule has 0 aliphatic heterocycles. The average Bonchev–Trinajstić information content (AvgIpc) is 2.62. The predicted molar refractivity (Wildman–Crippen MR) is 100 cm³/mol. The lowest BCUT2D eigenvalue weighted by Gasteiger charge is -2.16. The fraction of sp³-hybridized carbons (Fsp3) is 0.250. The van der Waals surface area contributed by atoms with Crippen LogP contribution in [0.5, 0.6) is 28.7 Å². The van der Waals surface area contributed by atoms with Crippen LogP contribution in [0, 0.1) is 0 Å². The van der Waals surface area contributed by atoms with Crippen LogP contribution in [0.4, 0.5) is 0 Å². The Bertz CT molecular complexity index is 1050. The molecule has 3 rings (SSSR count). The van der Waals surface area contributed by atoms with E-state index in [2.05, 4.69) is 0 Å². The molecule has 0 spiro atoms. The minimum atomic E-state index is -0.363. The van der Waals surface area contributed by atoms with Gasteiger partial charge in [-0.2, -0.15) is 0 Å². The first kappa shape index (κ1) is 18.4. The second kappa shape index (κ2) is 7.11. The summed E-state index contributed by atoms with van der Waals surface area (Å²) in [6, 6.07) is 5.86. The number of phenols is 2. The van der Waals surface area contributed by atoms with Crippen LogP contribution in [0.25, 0.3) is 22.1 Å². The first-order valence-corrected chi connectivity index (χ1v) is 8.26. The Labute approximate surface area is 155 Å². The molecular formula is C20H20O7. The van der Waals surface area contributed by atoms with E-state index in [-0.39, 0.29) is 56.8 Å². The molecule has 0 saturated heterocycles. The van der Waals surface area contributed by atoms with E-state index in [9.17, 15) is 15.0 Å². The second-order valence-electron chi connectivity index (χ2n) is 6.16. The molecular weight excluding hydrogens is 352 g/mol. The molecule has 2 aromatic carbocycles. The number of ether oxygens (including phenoxy) is 3. The SMILES string of the molecule is COc1cc(-c2coc3cc(O)c(OC)c(OC(C)C)c3c2=O)ccc1O. The van der Waals surface area contributed by atoms with Gasteiger partial charge in [0.05, 0.1) is 25.9 Å². The number of methoxy groups -OCH3 is 2. The third-order valence-electron chi connectivity index (χ3n) is 4.00. The van der Waals surface area contributed by atoms with Crippen molar-refractivity contribution < 1.29 is 28.8 Å². The quantitative estimate of drug-likeness (QED) is 0.705. The van der Waals surface area contributed by atoms with Crippen molar-refractivity contribution in [1.29, 1.82) is 0 Å². The molecule has 0 fully saturated rings. The number of fused-ring (bicyclic) bond motifs is 1. The van der Waals surface area contributed by atoms with Crippen molar-refractivity contribution in [3.63, 3.8) is 0 Å². The number of hydrogen-bond acceptors (Lipinski definition) is 7. The fourth-order valence-corrected chi connectivity index (χ4v) is 2.81. The lowest BCUT2D eigenvalue weighted by Crippen LogP contribution is -2.12. The van der Waals surface area contributed by atoms with Gasteiger partial charge >= 0.3 is 0 Å². The Kier molecular flexibility index (Phi) is 4.85. The monoisotopic (exact) mass is 372 g/mol.